The molecule has 0 saturated carbocycles. The predicted octanol–water partition coefficient (Wildman–Crippen LogP) is 3.49. The van der Waals surface area contributed by atoms with Crippen molar-refractivity contribution in [1.29, 1.82) is 0 Å². The van der Waals surface area contributed by atoms with Gasteiger partial charge >= 0.3 is 0 Å². The number of aliphatic hydroxyl groups is 1. The van der Waals surface area contributed by atoms with E-state index in [-0.39, 0.29) is 6.04 Å². The summed E-state index contributed by atoms with van der Waals surface area (Å²) in [5.74, 6) is 0. The molecular weight excluding hydrogens is 324 g/mol. The van der Waals surface area contributed by atoms with Gasteiger partial charge in [0.1, 0.15) is 0 Å². The molecule has 126 valence electrons. The van der Waals surface area contributed by atoms with Crippen molar-refractivity contribution in [3.8, 4) is 0 Å². The van der Waals surface area contributed by atoms with Crippen molar-refractivity contribution < 1.29 is 5.11 Å². The third-order valence-electron chi connectivity index (χ3n) is 3.91. The second-order valence-corrected chi connectivity index (χ2v) is 6.51. The zero-order valence-electron chi connectivity index (χ0n) is 13.8. The summed E-state index contributed by atoms with van der Waals surface area (Å²) in [5.41, 5.74) is 2.68. The van der Waals surface area contributed by atoms with E-state index in [0.29, 0.717) is 18.1 Å². The number of rotatable bonds is 6. The van der Waals surface area contributed by atoms with Crippen LogP contribution >= 0.6 is 11.6 Å². The first-order valence-electron chi connectivity index (χ1n) is 8.01. The number of benzene rings is 1. The zero-order chi connectivity index (χ0) is 17.1. The van der Waals surface area contributed by atoms with Crippen molar-refractivity contribution in [3.63, 3.8) is 0 Å². The van der Waals surface area contributed by atoms with Gasteiger partial charge in [-0.15, -0.1) is 0 Å². The van der Waals surface area contributed by atoms with E-state index in [9.17, 15) is 5.11 Å². The highest BCUT2D eigenvalue weighted by Crippen LogP contribution is 2.22. The molecule has 3 aromatic rings. The Labute approximate surface area is 146 Å². The summed E-state index contributed by atoms with van der Waals surface area (Å²) in [6.45, 7) is 5.21. The summed E-state index contributed by atoms with van der Waals surface area (Å²) >= 11 is 6.10. The fourth-order valence-corrected chi connectivity index (χ4v) is 2.93. The Morgan fingerprint density at radius 1 is 1.25 bits per heavy atom. The number of aliphatic hydroxyl groups excluding tert-OH is 1. The summed E-state index contributed by atoms with van der Waals surface area (Å²) in [6, 6.07) is 9.69. The number of hydrogen-bond acceptors (Lipinski definition) is 4. The quantitative estimate of drug-likeness (QED) is 0.718. The average molecular weight is 345 g/mol. The van der Waals surface area contributed by atoms with Crippen LogP contribution < -0.4 is 5.32 Å². The molecule has 0 amide bonds. The number of halogens is 1. The molecule has 1 aromatic carbocycles. The van der Waals surface area contributed by atoms with Gasteiger partial charge in [-0.05, 0) is 31.5 Å². The van der Waals surface area contributed by atoms with Crippen LogP contribution in [0.4, 0.5) is 0 Å². The molecule has 0 aliphatic carbocycles. The van der Waals surface area contributed by atoms with Gasteiger partial charge in [0.15, 0.2) is 5.65 Å². The first kappa shape index (κ1) is 16.9. The zero-order valence-corrected chi connectivity index (χ0v) is 14.5. The molecule has 0 fully saturated rings. The second kappa shape index (κ2) is 7.30. The van der Waals surface area contributed by atoms with Gasteiger partial charge < -0.3 is 10.4 Å². The summed E-state index contributed by atoms with van der Waals surface area (Å²) in [6.07, 6.45) is 3.04. The van der Waals surface area contributed by atoms with Crippen molar-refractivity contribution in [2.45, 2.75) is 32.5 Å². The molecule has 2 aromatic heterocycles. The minimum atomic E-state index is -0.640. The van der Waals surface area contributed by atoms with Crippen LogP contribution in [0.15, 0.2) is 42.7 Å². The van der Waals surface area contributed by atoms with Crippen molar-refractivity contribution in [3.05, 3.63) is 58.9 Å². The van der Waals surface area contributed by atoms with Crippen molar-refractivity contribution in [1.82, 2.24) is 20.1 Å². The van der Waals surface area contributed by atoms with Gasteiger partial charge in [0.05, 0.1) is 12.3 Å². The molecular formula is C18H21ClN4O. The van der Waals surface area contributed by atoms with E-state index < -0.39 is 6.10 Å². The Kier molecular flexibility index (Phi) is 5.14. The Bertz CT molecular complexity index is 831. The fraction of sp³-hybridized carbons (Fsp3) is 0.333. The van der Waals surface area contributed by atoms with Crippen LogP contribution in [-0.2, 0) is 6.54 Å². The van der Waals surface area contributed by atoms with Crippen molar-refractivity contribution >= 4 is 22.6 Å². The van der Waals surface area contributed by atoms with Gasteiger partial charge in [0.25, 0.3) is 0 Å². The molecule has 0 bridgehead atoms. The molecule has 1 atom stereocenters. The van der Waals surface area contributed by atoms with E-state index in [4.69, 9.17) is 11.6 Å². The molecule has 0 aliphatic rings. The number of aromatic nitrogens is 3. The van der Waals surface area contributed by atoms with E-state index in [1.165, 1.54) is 0 Å². The first-order chi connectivity index (χ1) is 11.6. The first-order valence-corrected chi connectivity index (χ1v) is 8.39. The van der Waals surface area contributed by atoms with Crippen LogP contribution in [0.25, 0.3) is 11.0 Å². The van der Waals surface area contributed by atoms with E-state index >= 15 is 0 Å². The molecule has 6 heteroatoms. The Balaban J connectivity index is 1.63. The SMILES string of the molecule is CC(C)n1ncc2cc(CNCC(O)c3ccccc3Cl)cnc21. The van der Waals surface area contributed by atoms with Crippen LogP contribution in [0.5, 0.6) is 0 Å². The van der Waals surface area contributed by atoms with Crippen LogP contribution in [0.2, 0.25) is 5.02 Å². The minimum Gasteiger partial charge on any atom is -0.387 e. The molecule has 2 N–H and O–H groups in total. The molecule has 24 heavy (non-hydrogen) atoms. The lowest BCUT2D eigenvalue weighted by molar-refractivity contribution is 0.174. The van der Waals surface area contributed by atoms with Gasteiger partial charge in [-0.25, -0.2) is 9.67 Å². The van der Waals surface area contributed by atoms with Gasteiger partial charge in [-0.3, -0.25) is 0 Å². The molecule has 3 rings (SSSR count). The molecule has 0 aliphatic heterocycles. The summed E-state index contributed by atoms with van der Waals surface area (Å²) in [5, 5.41) is 19.5. The van der Waals surface area contributed by atoms with E-state index in [1.54, 1.807) is 6.07 Å². The largest absolute Gasteiger partial charge is 0.387 e. The standard InChI is InChI=1S/C18H21ClN4O/c1-12(2)23-18-14(10-22-23)7-13(9-21-18)8-20-11-17(24)15-5-3-4-6-16(15)19/h3-7,9-10,12,17,20,24H,8,11H2,1-2H3. The maximum atomic E-state index is 10.2. The molecule has 2 heterocycles. The average Bonchev–Trinajstić information content (AvgIpc) is 2.98. The molecule has 0 saturated heterocycles. The van der Waals surface area contributed by atoms with Gasteiger partial charge in [0, 0.05) is 41.3 Å². The van der Waals surface area contributed by atoms with Crippen LogP contribution in [-0.4, -0.2) is 26.4 Å². The van der Waals surface area contributed by atoms with Crippen LogP contribution in [0, 0.1) is 0 Å². The topological polar surface area (TPSA) is 63.0 Å². The Morgan fingerprint density at radius 2 is 2.04 bits per heavy atom. The predicted molar refractivity (Wildman–Crippen MR) is 96.0 cm³/mol. The lowest BCUT2D eigenvalue weighted by Crippen LogP contribution is -2.21. The maximum Gasteiger partial charge on any atom is 0.157 e. The van der Waals surface area contributed by atoms with Crippen molar-refractivity contribution in [2.75, 3.05) is 6.54 Å². The monoisotopic (exact) mass is 344 g/mol. The third-order valence-corrected chi connectivity index (χ3v) is 4.25. The number of nitrogens with zero attached hydrogens (tertiary/aromatic N) is 3. The van der Waals surface area contributed by atoms with E-state index in [0.717, 1.165) is 22.2 Å². The van der Waals surface area contributed by atoms with E-state index in [2.05, 4.69) is 35.3 Å². The van der Waals surface area contributed by atoms with E-state index in [1.807, 2.05) is 35.3 Å². The fourth-order valence-electron chi connectivity index (χ4n) is 2.67. The second-order valence-electron chi connectivity index (χ2n) is 6.11. The number of pyridine rings is 1. The minimum absolute atomic E-state index is 0.282. The molecule has 0 radical (unpaired) electrons. The normalized spacial score (nSPS) is 12.9. The smallest absolute Gasteiger partial charge is 0.157 e. The maximum absolute atomic E-state index is 10.2. The summed E-state index contributed by atoms with van der Waals surface area (Å²) in [4.78, 5) is 4.51. The van der Waals surface area contributed by atoms with Crippen molar-refractivity contribution in [2.24, 2.45) is 0 Å². The van der Waals surface area contributed by atoms with Gasteiger partial charge in [-0.1, -0.05) is 29.8 Å². The third kappa shape index (κ3) is 3.59. The molecule has 1 unspecified atom stereocenters. The molecule has 5 nitrogen and oxygen atoms in total. The Hall–Kier alpha value is -1.95. The number of fused-ring (bicyclic) bond motifs is 1. The van der Waals surface area contributed by atoms with Crippen LogP contribution in [0.3, 0.4) is 0 Å². The lowest BCUT2D eigenvalue weighted by atomic mass is 10.1. The van der Waals surface area contributed by atoms with Gasteiger partial charge in [0.2, 0.25) is 0 Å². The number of hydrogen-bond donors (Lipinski definition) is 2. The van der Waals surface area contributed by atoms with Gasteiger partial charge in [-0.2, -0.15) is 5.10 Å². The van der Waals surface area contributed by atoms with Crippen LogP contribution in [0.1, 0.15) is 37.1 Å². The lowest BCUT2D eigenvalue weighted by Gasteiger charge is -2.13. The summed E-state index contributed by atoms with van der Waals surface area (Å²) in [7, 11) is 0. The Morgan fingerprint density at radius 3 is 2.79 bits per heavy atom. The molecule has 0 spiro atoms. The highest BCUT2D eigenvalue weighted by atomic mass is 35.5. The highest BCUT2D eigenvalue weighted by Gasteiger charge is 2.11. The number of nitrogens with one attached hydrogen (secondary N) is 1. The summed E-state index contributed by atoms with van der Waals surface area (Å²) < 4.78 is 1.91. The highest BCUT2D eigenvalue weighted by molar-refractivity contribution is 6.31.